The fraction of sp³-hybridized carbons (Fsp3) is 0.188. The minimum Gasteiger partial charge on any atom is -0.470 e. The maximum absolute atomic E-state index is 11.5. The lowest BCUT2D eigenvalue weighted by atomic mass is 9.99. The predicted octanol–water partition coefficient (Wildman–Crippen LogP) is 2.80. The lowest BCUT2D eigenvalue weighted by molar-refractivity contribution is -0.165. The third-order valence-electron chi connectivity index (χ3n) is 3.79. The average Bonchev–Trinajstić information content (AvgIpc) is 2.46. The SMILES string of the molecule is O=C1C[C@H]2Oc3ccc(-c4ccccc4)cc3CN12. The molecule has 0 aromatic heterocycles. The third-order valence-corrected chi connectivity index (χ3v) is 3.79. The molecule has 1 amide bonds. The van der Waals surface area contributed by atoms with Crippen molar-refractivity contribution in [3.63, 3.8) is 0 Å². The fourth-order valence-electron chi connectivity index (χ4n) is 2.68. The molecular weight excluding hydrogens is 238 g/mol. The summed E-state index contributed by atoms with van der Waals surface area (Å²) in [5, 5.41) is 0. The van der Waals surface area contributed by atoms with Crippen molar-refractivity contribution in [1.29, 1.82) is 0 Å². The Bertz CT molecular complexity index is 651. The second-order valence-electron chi connectivity index (χ2n) is 4.99. The van der Waals surface area contributed by atoms with E-state index >= 15 is 0 Å². The number of β-lactam (4-membered cyclic amide) rings is 1. The summed E-state index contributed by atoms with van der Waals surface area (Å²) in [6.45, 7) is 0.666. The van der Waals surface area contributed by atoms with Crippen LogP contribution in [0.15, 0.2) is 48.5 Å². The van der Waals surface area contributed by atoms with E-state index in [4.69, 9.17) is 4.74 Å². The van der Waals surface area contributed by atoms with Crippen molar-refractivity contribution in [2.24, 2.45) is 0 Å². The molecule has 0 bridgehead atoms. The zero-order chi connectivity index (χ0) is 12.8. The molecule has 1 fully saturated rings. The highest BCUT2D eigenvalue weighted by Crippen LogP contribution is 2.36. The van der Waals surface area contributed by atoms with Crippen LogP contribution in [0.5, 0.6) is 5.75 Å². The maximum atomic E-state index is 11.5. The third kappa shape index (κ3) is 1.62. The Labute approximate surface area is 111 Å². The standard InChI is InChI=1S/C16H13NO2/c18-15-9-16-17(15)10-13-8-12(6-7-14(13)19-16)11-4-2-1-3-5-11/h1-8,16H,9-10H2/t16-/m1/s1. The Morgan fingerprint density at radius 3 is 2.68 bits per heavy atom. The van der Waals surface area contributed by atoms with Gasteiger partial charge in [0.1, 0.15) is 5.75 Å². The quantitative estimate of drug-likeness (QED) is 0.729. The van der Waals surface area contributed by atoms with Crippen molar-refractivity contribution in [3.8, 4) is 16.9 Å². The molecule has 0 N–H and O–H groups in total. The van der Waals surface area contributed by atoms with Gasteiger partial charge in [-0.2, -0.15) is 0 Å². The fourth-order valence-corrected chi connectivity index (χ4v) is 2.68. The van der Waals surface area contributed by atoms with Gasteiger partial charge in [-0.05, 0) is 23.3 Å². The molecule has 0 spiro atoms. The molecule has 0 unspecified atom stereocenters. The van der Waals surface area contributed by atoms with E-state index < -0.39 is 0 Å². The van der Waals surface area contributed by atoms with Crippen LogP contribution in [-0.4, -0.2) is 17.0 Å². The monoisotopic (exact) mass is 251 g/mol. The van der Waals surface area contributed by atoms with Gasteiger partial charge in [0.25, 0.3) is 0 Å². The number of ether oxygens (including phenoxy) is 1. The first-order valence-electron chi connectivity index (χ1n) is 6.46. The number of carbonyl (C=O) groups is 1. The van der Waals surface area contributed by atoms with Crippen molar-refractivity contribution in [2.45, 2.75) is 19.2 Å². The first kappa shape index (κ1) is 10.6. The van der Waals surface area contributed by atoms with E-state index in [0.717, 1.165) is 16.9 Å². The Morgan fingerprint density at radius 1 is 1.05 bits per heavy atom. The Hall–Kier alpha value is -2.29. The number of rotatable bonds is 1. The number of benzene rings is 2. The number of fused-ring (bicyclic) bond motifs is 2. The first-order chi connectivity index (χ1) is 9.31. The van der Waals surface area contributed by atoms with Crippen molar-refractivity contribution < 1.29 is 9.53 Å². The normalized spacial score (nSPS) is 20.1. The van der Waals surface area contributed by atoms with Crippen molar-refractivity contribution in [3.05, 3.63) is 54.1 Å². The van der Waals surface area contributed by atoms with Crippen LogP contribution in [-0.2, 0) is 11.3 Å². The maximum Gasteiger partial charge on any atom is 0.231 e. The number of amides is 1. The molecule has 1 saturated heterocycles. The molecule has 94 valence electrons. The summed E-state index contributed by atoms with van der Waals surface area (Å²) in [6, 6.07) is 16.4. The lowest BCUT2D eigenvalue weighted by Crippen LogP contribution is -2.56. The van der Waals surface area contributed by atoms with E-state index in [1.165, 1.54) is 5.56 Å². The molecular formula is C16H13NO2. The van der Waals surface area contributed by atoms with Crippen LogP contribution in [0.3, 0.4) is 0 Å². The van der Waals surface area contributed by atoms with E-state index in [1.54, 1.807) is 4.90 Å². The van der Waals surface area contributed by atoms with Crippen LogP contribution >= 0.6 is 0 Å². The second-order valence-corrected chi connectivity index (χ2v) is 4.99. The number of hydrogen-bond acceptors (Lipinski definition) is 2. The van der Waals surface area contributed by atoms with Gasteiger partial charge in [-0.25, -0.2) is 0 Å². The topological polar surface area (TPSA) is 29.5 Å². The van der Waals surface area contributed by atoms with Gasteiger partial charge >= 0.3 is 0 Å². The van der Waals surface area contributed by atoms with Gasteiger partial charge < -0.3 is 9.64 Å². The molecule has 3 heteroatoms. The number of nitrogens with zero attached hydrogens (tertiary/aromatic N) is 1. The molecule has 3 nitrogen and oxygen atoms in total. The van der Waals surface area contributed by atoms with Gasteiger partial charge in [0, 0.05) is 5.56 Å². The van der Waals surface area contributed by atoms with Gasteiger partial charge in [-0.15, -0.1) is 0 Å². The van der Waals surface area contributed by atoms with Gasteiger partial charge in [0.05, 0.1) is 13.0 Å². The van der Waals surface area contributed by atoms with Crippen LogP contribution in [0.4, 0.5) is 0 Å². The second kappa shape index (κ2) is 3.85. The summed E-state index contributed by atoms with van der Waals surface area (Å²) in [4.78, 5) is 13.3. The summed E-state index contributed by atoms with van der Waals surface area (Å²) in [7, 11) is 0. The molecule has 2 aliphatic heterocycles. The molecule has 0 radical (unpaired) electrons. The van der Waals surface area contributed by atoms with Crippen molar-refractivity contribution in [1.82, 2.24) is 4.90 Å². The van der Waals surface area contributed by atoms with E-state index in [1.807, 2.05) is 24.3 Å². The van der Waals surface area contributed by atoms with Crippen LogP contribution in [0.25, 0.3) is 11.1 Å². The smallest absolute Gasteiger partial charge is 0.231 e. The molecule has 2 heterocycles. The van der Waals surface area contributed by atoms with Gasteiger partial charge in [0.2, 0.25) is 5.91 Å². The van der Waals surface area contributed by atoms with E-state index in [9.17, 15) is 4.79 Å². The highest BCUT2D eigenvalue weighted by molar-refractivity contribution is 5.83. The Morgan fingerprint density at radius 2 is 1.89 bits per heavy atom. The summed E-state index contributed by atoms with van der Waals surface area (Å²) in [5.74, 6) is 1.09. The minimum absolute atomic E-state index is 0.0393. The largest absolute Gasteiger partial charge is 0.470 e. The van der Waals surface area contributed by atoms with Gasteiger partial charge in [-0.1, -0.05) is 36.4 Å². The number of hydrogen-bond donors (Lipinski definition) is 0. The zero-order valence-electron chi connectivity index (χ0n) is 10.4. The van der Waals surface area contributed by atoms with Gasteiger partial charge in [0.15, 0.2) is 6.23 Å². The van der Waals surface area contributed by atoms with Crippen molar-refractivity contribution in [2.75, 3.05) is 0 Å². The molecule has 2 aromatic rings. The van der Waals surface area contributed by atoms with Crippen LogP contribution in [0.2, 0.25) is 0 Å². The summed E-state index contributed by atoms with van der Waals surface area (Å²) in [6.07, 6.45) is 0.474. The number of carbonyl (C=O) groups excluding carboxylic acids is 1. The van der Waals surface area contributed by atoms with E-state index in [2.05, 4.69) is 24.3 Å². The molecule has 4 rings (SSSR count). The molecule has 2 aliphatic rings. The highest BCUT2D eigenvalue weighted by atomic mass is 16.5. The Balaban J connectivity index is 1.73. The lowest BCUT2D eigenvalue weighted by Gasteiger charge is -2.44. The minimum atomic E-state index is -0.0393. The van der Waals surface area contributed by atoms with Crippen LogP contribution in [0.1, 0.15) is 12.0 Å². The summed E-state index contributed by atoms with van der Waals surface area (Å²) >= 11 is 0. The molecule has 0 aliphatic carbocycles. The summed E-state index contributed by atoms with van der Waals surface area (Å²) < 4.78 is 5.80. The van der Waals surface area contributed by atoms with Crippen LogP contribution < -0.4 is 4.74 Å². The molecule has 1 atom stereocenters. The molecule has 2 aromatic carbocycles. The van der Waals surface area contributed by atoms with Gasteiger partial charge in [-0.3, -0.25) is 4.79 Å². The molecule has 19 heavy (non-hydrogen) atoms. The zero-order valence-corrected chi connectivity index (χ0v) is 10.4. The first-order valence-corrected chi connectivity index (χ1v) is 6.46. The summed E-state index contributed by atoms with van der Waals surface area (Å²) in [5.41, 5.74) is 3.43. The van der Waals surface area contributed by atoms with Crippen LogP contribution in [0, 0.1) is 0 Å². The Kier molecular flexibility index (Phi) is 2.15. The van der Waals surface area contributed by atoms with E-state index in [0.29, 0.717) is 13.0 Å². The molecule has 0 saturated carbocycles. The highest BCUT2D eigenvalue weighted by Gasteiger charge is 2.41. The van der Waals surface area contributed by atoms with E-state index in [-0.39, 0.29) is 12.1 Å². The average molecular weight is 251 g/mol. The predicted molar refractivity (Wildman–Crippen MR) is 71.5 cm³/mol. The van der Waals surface area contributed by atoms with Crippen molar-refractivity contribution >= 4 is 5.91 Å².